The fourth-order valence-electron chi connectivity index (χ4n) is 0.469. The van der Waals surface area contributed by atoms with Gasteiger partial charge in [-0.05, 0) is 12.1 Å². The van der Waals surface area contributed by atoms with Gasteiger partial charge in [0.25, 0.3) is 0 Å². The zero-order chi connectivity index (χ0) is 6.91. The Kier molecular flexibility index (Phi) is 4.34. The molecule has 10 heavy (non-hydrogen) atoms. The minimum absolute atomic E-state index is 0. The molecule has 0 spiro atoms. The molecule has 1 aromatic rings. The van der Waals surface area contributed by atoms with Crippen LogP contribution in [0, 0.1) is 0 Å². The first-order chi connectivity index (χ1) is 4.11. The van der Waals surface area contributed by atoms with Crippen LogP contribution in [0.2, 0.25) is 0 Å². The number of nitrogens with one attached hydrogen (secondary N) is 1. The van der Waals surface area contributed by atoms with Crippen LogP contribution in [-0.4, -0.2) is 18.0 Å². The predicted octanol–water partition coefficient (Wildman–Crippen LogP) is -3.08. The van der Waals surface area contributed by atoms with Crippen LogP contribution in [0.1, 0.15) is 0 Å². The van der Waals surface area contributed by atoms with E-state index >= 15 is 0 Å². The summed E-state index contributed by atoms with van der Waals surface area (Å²) in [5.74, 6) is 0. The van der Waals surface area contributed by atoms with E-state index in [1.54, 1.807) is 0 Å². The van der Waals surface area contributed by atoms with E-state index in [9.17, 15) is 13.0 Å². The first-order valence-electron chi connectivity index (χ1n) is 2.20. The summed E-state index contributed by atoms with van der Waals surface area (Å²) in [7, 11) is -4.27. The van der Waals surface area contributed by atoms with Gasteiger partial charge in [0.2, 0.25) is 0 Å². The Bertz CT molecular complexity index is 277. The molecule has 0 fully saturated rings. The Morgan fingerprint density at radius 2 is 2.10 bits per heavy atom. The third kappa shape index (κ3) is 2.83. The SMILES string of the molecule is O=S(=O)([O-])c1ccc[nH]1.[K+]. The number of rotatable bonds is 1. The molecule has 0 radical (unpaired) electrons. The van der Waals surface area contributed by atoms with Gasteiger partial charge in [-0.2, -0.15) is 0 Å². The van der Waals surface area contributed by atoms with Crippen molar-refractivity contribution >= 4 is 10.1 Å². The zero-order valence-electron chi connectivity index (χ0n) is 5.37. The van der Waals surface area contributed by atoms with E-state index in [0.29, 0.717) is 0 Å². The van der Waals surface area contributed by atoms with Crippen molar-refractivity contribution in [3.8, 4) is 0 Å². The molecule has 50 valence electrons. The molecule has 1 rings (SSSR count). The number of aromatic amines is 1. The van der Waals surface area contributed by atoms with Gasteiger partial charge in [0, 0.05) is 6.20 Å². The summed E-state index contributed by atoms with van der Waals surface area (Å²) in [6.07, 6.45) is 1.38. The maximum atomic E-state index is 10.1. The molecule has 0 aliphatic heterocycles. The minimum Gasteiger partial charge on any atom is -0.743 e. The van der Waals surface area contributed by atoms with Gasteiger partial charge in [0.15, 0.2) is 0 Å². The largest absolute Gasteiger partial charge is 1.00 e. The molecule has 6 heteroatoms. The van der Waals surface area contributed by atoms with E-state index in [4.69, 9.17) is 0 Å². The van der Waals surface area contributed by atoms with E-state index in [2.05, 4.69) is 4.98 Å². The summed E-state index contributed by atoms with van der Waals surface area (Å²) in [6, 6.07) is 2.66. The van der Waals surface area contributed by atoms with Gasteiger partial charge in [-0.1, -0.05) is 0 Å². The van der Waals surface area contributed by atoms with Gasteiger partial charge in [-0.15, -0.1) is 0 Å². The van der Waals surface area contributed by atoms with Crippen molar-refractivity contribution in [3.63, 3.8) is 0 Å². The fourth-order valence-corrected chi connectivity index (χ4v) is 0.927. The summed E-state index contributed by atoms with van der Waals surface area (Å²) < 4.78 is 30.3. The van der Waals surface area contributed by atoms with Gasteiger partial charge in [-0.3, -0.25) is 0 Å². The molecule has 0 aliphatic rings. The summed E-state index contributed by atoms with van der Waals surface area (Å²) in [6.45, 7) is 0. The molecule has 0 saturated carbocycles. The van der Waals surface area contributed by atoms with E-state index in [-0.39, 0.29) is 56.4 Å². The Balaban J connectivity index is 0.000000810. The summed E-state index contributed by atoms with van der Waals surface area (Å²) >= 11 is 0. The first-order valence-corrected chi connectivity index (χ1v) is 3.61. The van der Waals surface area contributed by atoms with Crippen molar-refractivity contribution in [2.45, 2.75) is 5.03 Å². The van der Waals surface area contributed by atoms with Gasteiger partial charge in [0.1, 0.15) is 15.1 Å². The summed E-state index contributed by atoms with van der Waals surface area (Å²) in [5.41, 5.74) is 0. The van der Waals surface area contributed by atoms with Crippen LogP contribution in [0.15, 0.2) is 23.4 Å². The second kappa shape index (κ2) is 4.00. The smallest absolute Gasteiger partial charge is 0.743 e. The molecule has 0 aliphatic carbocycles. The third-order valence-corrected chi connectivity index (χ3v) is 1.63. The van der Waals surface area contributed by atoms with Crippen molar-refractivity contribution in [1.82, 2.24) is 4.98 Å². The molecular formula is C4H4KNO3S. The number of aromatic nitrogens is 1. The second-order valence-electron chi connectivity index (χ2n) is 1.49. The van der Waals surface area contributed by atoms with Crippen LogP contribution in [0.3, 0.4) is 0 Å². The molecular weight excluding hydrogens is 181 g/mol. The molecule has 0 amide bonds. The first kappa shape index (κ1) is 10.8. The quantitative estimate of drug-likeness (QED) is 0.372. The van der Waals surface area contributed by atoms with E-state index in [1.165, 1.54) is 18.3 Å². The molecule has 0 bridgehead atoms. The van der Waals surface area contributed by atoms with Crippen LogP contribution in [-0.2, 0) is 10.1 Å². The summed E-state index contributed by atoms with van der Waals surface area (Å²) in [4.78, 5) is 2.28. The molecule has 0 atom stereocenters. The van der Waals surface area contributed by atoms with Gasteiger partial charge < -0.3 is 9.54 Å². The van der Waals surface area contributed by atoms with Gasteiger partial charge in [0.05, 0.1) is 0 Å². The maximum Gasteiger partial charge on any atom is 1.00 e. The number of hydrogen-bond acceptors (Lipinski definition) is 3. The van der Waals surface area contributed by atoms with Crippen LogP contribution in [0.4, 0.5) is 0 Å². The molecule has 0 unspecified atom stereocenters. The van der Waals surface area contributed by atoms with Crippen molar-refractivity contribution in [2.24, 2.45) is 0 Å². The molecule has 1 heterocycles. The normalized spacial score (nSPS) is 10.5. The van der Waals surface area contributed by atoms with Crippen molar-refractivity contribution in [2.75, 3.05) is 0 Å². The molecule has 1 aromatic heterocycles. The average Bonchev–Trinajstić information content (AvgIpc) is 2.08. The predicted molar refractivity (Wildman–Crippen MR) is 28.8 cm³/mol. The van der Waals surface area contributed by atoms with E-state index < -0.39 is 10.1 Å². The summed E-state index contributed by atoms with van der Waals surface area (Å²) in [5, 5.41) is -0.289. The Labute approximate surface area is 101 Å². The zero-order valence-corrected chi connectivity index (χ0v) is 9.30. The van der Waals surface area contributed by atoms with Crippen molar-refractivity contribution < 1.29 is 64.4 Å². The Morgan fingerprint density at radius 3 is 2.30 bits per heavy atom. The van der Waals surface area contributed by atoms with Crippen LogP contribution >= 0.6 is 0 Å². The number of H-pyrrole nitrogens is 1. The van der Waals surface area contributed by atoms with Crippen LogP contribution in [0.5, 0.6) is 0 Å². The van der Waals surface area contributed by atoms with Crippen LogP contribution in [0.25, 0.3) is 0 Å². The minimum atomic E-state index is -4.27. The molecule has 1 N–H and O–H groups in total. The molecule has 0 saturated heterocycles. The molecule has 4 nitrogen and oxygen atoms in total. The topological polar surface area (TPSA) is 73.0 Å². The Morgan fingerprint density at radius 1 is 1.50 bits per heavy atom. The van der Waals surface area contributed by atoms with Crippen molar-refractivity contribution in [3.05, 3.63) is 18.3 Å². The molecule has 0 aromatic carbocycles. The van der Waals surface area contributed by atoms with Crippen molar-refractivity contribution in [1.29, 1.82) is 0 Å². The van der Waals surface area contributed by atoms with E-state index in [0.717, 1.165) is 0 Å². The fraction of sp³-hybridized carbons (Fsp3) is 0. The third-order valence-electron chi connectivity index (χ3n) is 0.839. The Hall–Kier alpha value is 0.826. The average molecular weight is 185 g/mol. The monoisotopic (exact) mass is 185 g/mol. The van der Waals surface area contributed by atoms with Gasteiger partial charge in [-0.25, -0.2) is 8.42 Å². The van der Waals surface area contributed by atoms with E-state index in [1.807, 2.05) is 0 Å². The van der Waals surface area contributed by atoms with Gasteiger partial charge >= 0.3 is 51.4 Å². The maximum absolute atomic E-state index is 10.1. The second-order valence-corrected chi connectivity index (χ2v) is 2.84. The van der Waals surface area contributed by atoms with Crippen LogP contribution < -0.4 is 51.4 Å². The number of hydrogen-bond donors (Lipinski definition) is 1. The standard InChI is InChI=1S/C4H5NO3S.K/c6-9(7,8)4-2-1-3-5-4;/h1-3,5H,(H,6,7,8);/q;+1/p-1.